The number of nitrogens with one attached hydrogen (secondary N) is 1. The van der Waals surface area contributed by atoms with E-state index in [1.54, 1.807) is 0 Å². The highest BCUT2D eigenvalue weighted by Crippen LogP contribution is 2.45. The molecule has 1 atom stereocenters. The van der Waals surface area contributed by atoms with Crippen LogP contribution in [-0.4, -0.2) is 19.8 Å². The van der Waals surface area contributed by atoms with Crippen molar-refractivity contribution in [3.05, 3.63) is 22.7 Å². The molecule has 3 nitrogen and oxygen atoms in total. The van der Waals surface area contributed by atoms with Gasteiger partial charge < -0.3 is 14.8 Å². The summed E-state index contributed by atoms with van der Waals surface area (Å²) in [5.74, 6) is 2.21. The smallest absolute Gasteiger partial charge is 0.162 e. The Kier molecular flexibility index (Phi) is 5.55. The topological polar surface area (TPSA) is 30.5 Å². The van der Waals surface area contributed by atoms with Gasteiger partial charge in [0, 0.05) is 17.1 Å². The third-order valence-corrected chi connectivity index (χ3v) is 3.84. The van der Waals surface area contributed by atoms with Gasteiger partial charge in [-0.25, -0.2) is 0 Å². The van der Waals surface area contributed by atoms with Crippen molar-refractivity contribution >= 4 is 11.6 Å². The minimum atomic E-state index is 0.322. The summed E-state index contributed by atoms with van der Waals surface area (Å²) in [5.41, 5.74) is 1.13. The molecular weight excluding hydrogens is 274 g/mol. The van der Waals surface area contributed by atoms with Crippen molar-refractivity contribution < 1.29 is 9.47 Å². The van der Waals surface area contributed by atoms with E-state index in [0.717, 1.165) is 28.6 Å². The minimum absolute atomic E-state index is 0.322. The maximum Gasteiger partial charge on any atom is 0.162 e. The van der Waals surface area contributed by atoms with Crippen LogP contribution in [0.5, 0.6) is 11.5 Å². The summed E-state index contributed by atoms with van der Waals surface area (Å²) >= 11 is 6.46. The second-order valence-electron chi connectivity index (χ2n) is 5.06. The summed E-state index contributed by atoms with van der Waals surface area (Å²) in [7, 11) is 0. The van der Waals surface area contributed by atoms with Crippen LogP contribution in [0.25, 0.3) is 0 Å². The van der Waals surface area contributed by atoms with Crippen molar-refractivity contribution in [3.63, 3.8) is 0 Å². The molecule has 0 heterocycles. The molecule has 1 aliphatic carbocycles. The first-order chi connectivity index (χ1) is 9.71. The van der Waals surface area contributed by atoms with Crippen molar-refractivity contribution in [3.8, 4) is 11.5 Å². The molecule has 4 heteroatoms. The molecule has 112 valence electrons. The van der Waals surface area contributed by atoms with Crippen molar-refractivity contribution in [2.45, 2.75) is 39.7 Å². The summed E-state index contributed by atoms with van der Waals surface area (Å²) < 4.78 is 11.3. The zero-order valence-electron chi connectivity index (χ0n) is 12.5. The Balaban J connectivity index is 2.33. The van der Waals surface area contributed by atoms with E-state index < -0.39 is 0 Å². The van der Waals surface area contributed by atoms with Crippen LogP contribution in [0.2, 0.25) is 5.02 Å². The van der Waals surface area contributed by atoms with Crippen LogP contribution in [0.4, 0.5) is 0 Å². The molecule has 1 N–H and O–H groups in total. The molecule has 2 rings (SSSR count). The molecule has 1 aliphatic rings. The standard InChI is InChI=1S/C16H24ClNO2/c1-4-18-16(11-7-8-11)12-9-14(19-5-2)15(20-6-3)10-13(12)17/h9-11,16,18H,4-8H2,1-3H3. The highest BCUT2D eigenvalue weighted by Gasteiger charge is 2.33. The lowest BCUT2D eigenvalue weighted by molar-refractivity contribution is 0.287. The van der Waals surface area contributed by atoms with Gasteiger partial charge >= 0.3 is 0 Å². The summed E-state index contributed by atoms with van der Waals surface area (Å²) in [5, 5.41) is 4.30. The van der Waals surface area contributed by atoms with E-state index in [4.69, 9.17) is 21.1 Å². The van der Waals surface area contributed by atoms with E-state index in [1.807, 2.05) is 26.0 Å². The van der Waals surface area contributed by atoms with Crippen molar-refractivity contribution in [1.29, 1.82) is 0 Å². The molecule has 20 heavy (non-hydrogen) atoms. The molecule has 1 unspecified atom stereocenters. The lowest BCUT2D eigenvalue weighted by Gasteiger charge is -2.21. The van der Waals surface area contributed by atoms with Gasteiger partial charge in [-0.3, -0.25) is 0 Å². The van der Waals surface area contributed by atoms with Gasteiger partial charge in [0.2, 0.25) is 0 Å². The molecule has 0 aromatic heterocycles. The first-order valence-corrected chi connectivity index (χ1v) is 7.91. The molecule has 1 saturated carbocycles. The van der Waals surface area contributed by atoms with E-state index >= 15 is 0 Å². The lowest BCUT2D eigenvalue weighted by Crippen LogP contribution is -2.23. The predicted octanol–water partition coefficient (Wildman–Crippen LogP) is 4.20. The SMILES string of the molecule is CCNC(c1cc(OCC)c(OCC)cc1Cl)C1CC1. The van der Waals surface area contributed by atoms with Gasteiger partial charge in [0.15, 0.2) is 11.5 Å². The van der Waals surface area contributed by atoms with Crippen molar-refractivity contribution in [2.24, 2.45) is 5.92 Å². The first-order valence-electron chi connectivity index (χ1n) is 7.53. The van der Waals surface area contributed by atoms with Crippen LogP contribution >= 0.6 is 11.6 Å². The van der Waals surface area contributed by atoms with Crippen molar-refractivity contribution in [2.75, 3.05) is 19.8 Å². The fourth-order valence-electron chi connectivity index (χ4n) is 2.51. The normalized spacial score (nSPS) is 16.0. The Morgan fingerprint density at radius 1 is 1.15 bits per heavy atom. The predicted molar refractivity (Wildman–Crippen MR) is 82.9 cm³/mol. The van der Waals surface area contributed by atoms with E-state index in [1.165, 1.54) is 12.8 Å². The molecule has 1 fully saturated rings. The number of rotatable bonds is 8. The number of ether oxygens (including phenoxy) is 2. The Morgan fingerprint density at radius 3 is 2.25 bits per heavy atom. The Bertz CT molecular complexity index is 446. The van der Waals surface area contributed by atoms with E-state index in [2.05, 4.69) is 12.2 Å². The first kappa shape index (κ1) is 15.5. The van der Waals surface area contributed by atoms with E-state index in [0.29, 0.717) is 25.2 Å². The number of hydrogen-bond donors (Lipinski definition) is 1. The molecule has 1 aromatic carbocycles. The maximum atomic E-state index is 6.46. The van der Waals surface area contributed by atoms with Crippen molar-refractivity contribution in [1.82, 2.24) is 5.32 Å². The maximum absolute atomic E-state index is 6.46. The quantitative estimate of drug-likeness (QED) is 0.780. The van der Waals surface area contributed by atoms with Crippen LogP contribution in [0, 0.1) is 5.92 Å². The molecule has 0 saturated heterocycles. The zero-order chi connectivity index (χ0) is 14.5. The monoisotopic (exact) mass is 297 g/mol. The highest BCUT2D eigenvalue weighted by atomic mass is 35.5. The second kappa shape index (κ2) is 7.19. The molecule has 0 aliphatic heterocycles. The average molecular weight is 298 g/mol. The molecule has 0 amide bonds. The van der Waals surface area contributed by atoms with Gasteiger partial charge in [0.1, 0.15) is 0 Å². The van der Waals surface area contributed by atoms with Crippen LogP contribution < -0.4 is 14.8 Å². The molecule has 0 spiro atoms. The summed E-state index contributed by atoms with van der Waals surface area (Å²) in [6, 6.07) is 4.25. The average Bonchev–Trinajstić information content (AvgIpc) is 3.24. The van der Waals surface area contributed by atoms with Crippen LogP contribution in [0.15, 0.2) is 12.1 Å². The van der Waals surface area contributed by atoms with Gasteiger partial charge in [-0.2, -0.15) is 0 Å². The van der Waals surface area contributed by atoms with Crippen LogP contribution in [-0.2, 0) is 0 Å². The van der Waals surface area contributed by atoms with Gasteiger partial charge in [-0.1, -0.05) is 18.5 Å². The van der Waals surface area contributed by atoms with Crippen LogP contribution in [0.1, 0.15) is 45.2 Å². The Morgan fingerprint density at radius 2 is 1.75 bits per heavy atom. The minimum Gasteiger partial charge on any atom is -0.490 e. The third kappa shape index (κ3) is 3.58. The Hall–Kier alpha value is -0.930. The largest absolute Gasteiger partial charge is 0.490 e. The highest BCUT2D eigenvalue weighted by molar-refractivity contribution is 6.31. The fraction of sp³-hybridized carbons (Fsp3) is 0.625. The molecular formula is C16H24ClNO2. The number of halogens is 1. The molecule has 0 radical (unpaired) electrons. The van der Waals surface area contributed by atoms with Crippen LogP contribution in [0.3, 0.4) is 0 Å². The zero-order valence-corrected chi connectivity index (χ0v) is 13.3. The lowest BCUT2D eigenvalue weighted by atomic mass is 10.0. The van der Waals surface area contributed by atoms with E-state index in [-0.39, 0.29) is 0 Å². The van der Waals surface area contributed by atoms with Gasteiger partial charge in [-0.15, -0.1) is 0 Å². The van der Waals surface area contributed by atoms with Gasteiger partial charge in [0.25, 0.3) is 0 Å². The Labute approximate surface area is 126 Å². The molecule has 0 bridgehead atoms. The third-order valence-electron chi connectivity index (χ3n) is 3.52. The fourth-order valence-corrected chi connectivity index (χ4v) is 2.78. The van der Waals surface area contributed by atoms with Gasteiger partial charge in [-0.05, 0) is 50.8 Å². The van der Waals surface area contributed by atoms with Gasteiger partial charge in [0.05, 0.1) is 13.2 Å². The second-order valence-corrected chi connectivity index (χ2v) is 5.47. The summed E-state index contributed by atoms with van der Waals surface area (Å²) in [6.07, 6.45) is 2.54. The number of hydrogen-bond acceptors (Lipinski definition) is 3. The number of benzene rings is 1. The van der Waals surface area contributed by atoms with E-state index in [9.17, 15) is 0 Å². The summed E-state index contributed by atoms with van der Waals surface area (Å²) in [4.78, 5) is 0. The summed E-state index contributed by atoms with van der Waals surface area (Å²) in [6.45, 7) is 8.23. The molecule has 1 aromatic rings.